The van der Waals surface area contributed by atoms with Crippen molar-refractivity contribution < 1.29 is 4.79 Å². The first-order valence-corrected chi connectivity index (χ1v) is 9.38. The van der Waals surface area contributed by atoms with Gasteiger partial charge in [-0.1, -0.05) is 18.2 Å². The van der Waals surface area contributed by atoms with E-state index >= 15 is 0 Å². The summed E-state index contributed by atoms with van der Waals surface area (Å²) in [5.41, 5.74) is 3.08. The van der Waals surface area contributed by atoms with E-state index in [9.17, 15) is 4.79 Å². The number of aryl methyl sites for hydroxylation is 1. The SMILES string of the molecule is Cc1ccccc1C(=O)NC[C@@H](c1ccsc1)N1CCN(C)CC1. The summed E-state index contributed by atoms with van der Waals surface area (Å²) < 4.78 is 0. The molecule has 0 saturated carbocycles. The number of benzene rings is 1. The van der Waals surface area contributed by atoms with Gasteiger partial charge in [0.1, 0.15) is 0 Å². The second-order valence-corrected chi connectivity index (χ2v) is 7.22. The van der Waals surface area contributed by atoms with E-state index < -0.39 is 0 Å². The van der Waals surface area contributed by atoms with E-state index in [1.807, 2.05) is 31.2 Å². The predicted molar refractivity (Wildman–Crippen MR) is 99.6 cm³/mol. The van der Waals surface area contributed by atoms with Crippen LogP contribution < -0.4 is 5.32 Å². The number of carbonyl (C=O) groups excluding carboxylic acids is 1. The van der Waals surface area contributed by atoms with Crippen LogP contribution in [0, 0.1) is 6.92 Å². The summed E-state index contributed by atoms with van der Waals surface area (Å²) in [7, 11) is 2.16. The van der Waals surface area contributed by atoms with E-state index in [1.165, 1.54) is 5.56 Å². The Balaban J connectivity index is 1.68. The maximum Gasteiger partial charge on any atom is 0.251 e. The van der Waals surface area contributed by atoms with Crippen LogP contribution in [0.4, 0.5) is 0 Å². The van der Waals surface area contributed by atoms with Crippen LogP contribution in [0.1, 0.15) is 27.5 Å². The van der Waals surface area contributed by atoms with Crippen LogP contribution in [0.3, 0.4) is 0 Å². The van der Waals surface area contributed by atoms with E-state index in [1.54, 1.807) is 11.3 Å². The largest absolute Gasteiger partial charge is 0.350 e. The van der Waals surface area contributed by atoms with Crippen molar-refractivity contribution in [3.63, 3.8) is 0 Å². The van der Waals surface area contributed by atoms with Crippen molar-refractivity contribution >= 4 is 17.2 Å². The van der Waals surface area contributed by atoms with Crippen molar-refractivity contribution in [2.75, 3.05) is 39.8 Å². The highest BCUT2D eigenvalue weighted by Gasteiger charge is 2.25. The lowest BCUT2D eigenvalue weighted by molar-refractivity contribution is 0.0886. The molecule has 1 saturated heterocycles. The number of nitrogens with zero attached hydrogens (tertiary/aromatic N) is 2. The molecule has 0 unspecified atom stereocenters. The van der Waals surface area contributed by atoms with Gasteiger partial charge in [0.25, 0.3) is 5.91 Å². The zero-order valence-corrected chi connectivity index (χ0v) is 15.2. The highest BCUT2D eigenvalue weighted by atomic mass is 32.1. The molecule has 24 heavy (non-hydrogen) atoms. The average Bonchev–Trinajstić information content (AvgIpc) is 3.11. The summed E-state index contributed by atoms with van der Waals surface area (Å²) in [5.74, 6) is 0.0162. The first kappa shape index (κ1) is 17.1. The van der Waals surface area contributed by atoms with Gasteiger partial charge in [-0.05, 0) is 48.0 Å². The van der Waals surface area contributed by atoms with Crippen LogP contribution in [0.5, 0.6) is 0 Å². The Hall–Kier alpha value is -1.69. The molecule has 1 aliphatic heterocycles. The minimum atomic E-state index is 0.0162. The van der Waals surface area contributed by atoms with Crippen molar-refractivity contribution in [1.29, 1.82) is 0 Å². The summed E-state index contributed by atoms with van der Waals surface area (Å²) in [6.07, 6.45) is 0. The third-order valence-electron chi connectivity index (χ3n) is 4.75. The van der Waals surface area contributed by atoms with Gasteiger partial charge in [-0.25, -0.2) is 0 Å². The molecule has 3 rings (SSSR count). The quantitative estimate of drug-likeness (QED) is 0.907. The number of hydrogen-bond acceptors (Lipinski definition) is 4. The number of carbonyl (C=O) groups is 1. The van der Waals surface area contributed by atoms with Crippen LogP contribution in [-0.2, 0) is 0 Å². The summed E-state index contributed by atoms with van der Waals surface area (Å²) in [5, 5.41) is 7.46. The third-order valence-corrected chi connectivity index (χ3v) is 5.45. The van der Waals surface area contributed by atoms with E-state index in [4.69, 9.17) is 0 Å². The fourth-order valence-corrected chi connectivity index (χ4v) is 3.88. The second-order valence-electron chi connectivity index (χ2n) is 6.44. The molecule has 1 aromatic carbocycles. The molecular formula is C19H25N3OS. The van der Waals surface area contributed by atoms with Crippen LogP contribution in [0.15, 0.2) is 41.1 Å². The van der Waals surface area contributed by atoms with Crippen molar-refractivity contribution in [3.8, 4) is 0 Å². The molecule has 1 amide bonds. The second kappa shape index (κ2) is 7.92. The van der Waals surface area contributed by atoms with Gasteiger partial charge < -0.3 is 10.2 Å². The van der Waals surface area contributed by atoms with Gasteiger partial charge in [0.2, 0.25) is 0 Å². The highest BCUT2D eigenvalue weighted by Crippen LogP contribution is 2.24. The van der Waals surface area contributed by atoms with E-state index in [2.05, 4.69) is 39.0 Å². The Morgan fingerprint density at radius 3 is 2.62 bits per heavy atom. The third kappa shape index (κ3) is 4.04. The van der Waals surface area contributed by atoms with Gasteiger partial charge in [0.05, 0.1) is 6.04 Å². The fourth-order valence-electron chi connectivity index (χ4n) is 3.17. The standard InChI is InChI=1S/C19H25N3OS/c1-15-5-3-4-6-17(15)19(23)20-13-18(16-7-12-24-14-16)22-10-8-21(2)9-11-22/h3-7,12,14,18H,8-11,13H2,1-2H3,(H,20,23)/t18-/m0/s1. The lowest BCUT2D eigenvalue weighted by Gasteiger charge is -2.38. The van der Waals surface area contributed by atoms with Gasteiger partial charge in [0, 0.05) is 38.3 Å². The Labute approximate surface area is 148 Å². The molecule has 128 valence electrons. The lowest BCUT2D eigenvalue weighted by atomic mass is 10.1. The number of thiophene rings is 1. The molecule has 1 aromatic heterocycles. The number of amides is 1. The number of nitrogens with one attached hydrogen (secondary N) is 1. The Morgan fingerprint density at radius 1 is 1.21 bits per heavy atom. The molecule has 1 fully saturated rings. The topological polar surface area (TPSA) is 35.6 Å². The maximum atomic E-state index is 12.5. The van der Waals surface area contributed by atoms with Crippen molar-refractivity contribution in [2.45, 2.75) is 13.0 Å². The normalized spacial score (nSPS) is 17.6. The van der Waals surface area contributed by atoms with E-state index in [0.29, 0.717) is 6.54 Å². The minimum Gasteiger partial charge on any atom is -0.350 e. The zero-order valence-electron chi connectivity index (χ0n) is 14.4. The number of piperazine rings is 1. The Kier molecular flexibility index (Phi) is 5.66. The van der Waals surface area contributed by atoms with Crippen molar-refractivity contribution in [2.24, 2.45) is 0 Å². The van der Waals surface area contributed by atoms with Gasteiger partial charge in [0.15, 0.2) is 0 Å². The minimum absolute atomic E-state index is 0.0162. The number of rotatable bonds is 5. The number of likely N-dealkylation sites (N-methyl/N-ethyl adjacent to an activating group) is 1. The van der Waals surface area contributed by atoms with Crippen LogP contribution in [-0.4, -0.2) is 55.5 Å². The van der Waals surface area contributed by atoms with E-state index in [-0.39, 0.29) is 11.9 Å². The average molecular weight is 343 g/mol. The Bertz CT molecular complexity index is 663. The highest BCUT2D eigenvalue weighted by molar-refractivity contribution is 7.07. The van der Waals surface area contributed by atoms with E-state index in [0.717, 1.165) is 37.3 Å². The number of hydrogen-bond donors (Lipinski definition) is 1. The molecule has 0 bridgehead atoms. The van der Waals surface area contributed by atoms with Gasteiger partial charge in [-0.15, -0.1) is 0 Å². The smallest absolute Gasteiger partial charge is 0.251 e. The molecule has 1 N–H and O–H groups in total. The first-order valence-electron chi connectivity index (χ1n) is 8.43. The monoisotopic (exact) mass is 343 g/mol. The van der Waals surface area contributed by atoms with Gasteiger partial charge in [-0.2, -0.15) is 11.3 Å². The van der Waals surface area contributed by atoms with Crippen molar-refractivity contribution in [3.05, 3.63) is 57.8 Å². The summed E-state index contributed by atoms with van der Waals surface area (Å²) in [6.45, 7) is 6.85. The molecule has 5 heteroatoms. The van der Waals surface area contributed by atoms with Gasteiger partial charge in [-0.3, -0.25) is 9.69 Å². The molecule has 1 aliphatic rings. The molecule has 0 radical (unpaired) electrons. The van der Waals surface area contributed by atoms with Crippen LogP contribution >= 0.6 is 11.3 Å². The molecule has 0 spiro atoms. The summed E-state index contributed by atoms with van der Waals surface area (Å²) in [6, 6.07) is 10.2. The predicted octanol–water partition coefficient (Wildman–Crippen LogP) is 2.78. The molecule has 2 aromatic rings. The Morgan fingerprint density at radius 2 is 1.96 bits per heavy atom. The summed E-state index contributed by atoms with van der Waals surface area (Å²) >= 11 is 1.72. The zero-order chi connectivity index (χ0) is 16.9. The molecule has 0 aliphatic carbocycles. The first-order chi connectivity index (χ1) is 11.6. The lowest BCUT2D eigenvalue weighted by Crippen LogP contribution is -2.48. The molecule has 2 heterocycles. The van der Waals surface area contributed by atoms with Gasteiger partial charge >= 0.3 is 0 Å². The molecule has 1 atom stereocenters. The molecule has 4 nitrogen and oxygen atoms in total. The maximum absolute atomic E-state index is 12.5. The summed E-state index contributed by atoms with van der Waals surface area (Å²) in [4.78, 5) is 17.4. The van der Waals surface area contributed by atoms with Crippen molar-refractivity contribution in [1.82, 2.24) is 15.1 Å². The van der Waals surface area contributed by atoms with Crippen LogP contribution in [0.2, 0.25) is 0 Å². The fraction of sp³-hybridized carbons (Fsp3) is 0.421. The van der Waals surface area contributed by atoms with Crippen LogP contribution in [0.25, 0.3) is 0 Å². The molecular weight excluding hydrogens is 318 g/mol.